The first-order valence-corrected chi connectivity index (χ1v) is 14.3. The molecule has 0 spiro atoms. The van der Waals surface area contributed by atoms with Crippen LogP contribution >= 0.6 is 11.6 Å². The molecule has 2 aliphatic heterocycles. The Morgan fingerprint density at radius 3 is 2.50 bits per heavy atom. The van der Waals surface area contributed by atoms with Crippen molar-refractivity contribution in [1.82, 2.24) is 30.1 Å². The normalized spacial score (nSPS) is 22.8. The van der Waals surface area contributed by atoms with E-state index < -0.39 is 17.9 Å². The fraction of sp³-hybridized carbons (Fsp3) is 0.571. The summed E-state index contributed by atoms with van der Waals surface area (Å²) in [5, 5.41) is 11.3. The lowest BCUT2D eigenvalue weighted by Gasteiger charge is -2.43. The summed E-state index contributed by atoms with van der Waals surface area (Å²) in [5.74, 6) is -1.10. The van der Waals surface area contributed by atoms with Crippen molar-refractivity contribution in [3.63, 3.8) is 0 Å². The van der Waals surface area contributed by atoms with Gasteiger partial charge in [0.15, 0.2) is 0 Å². The van der Waals surface area contributed by atoms with E-state index in [2.05, 4.69) is 15.6 Å². The molecule has 1 unspecified atom stereocenters. The van der Waals surface area contributed by atoms with Crippen LogP contribution in [-0.4, -0.2) is 75.2 Å². The van der Waals surface area contributed by atoms with Gasteiger partial charge in [0.2, 0.25) is 23.6 Å². The maximum absolute atomic E-state index is 14.2. The number of nitrogens with one attached hydrogen (secondary N) is 1. The third-order valence-electron chi connectivity index (χ3n) is 8.30. The summed E-state index contributed by atoms with van der Waals surface area (Å²) < 4.78 is 7.87. The number of carbonyl (C=O) groups excluding carboxylic acids is 4. The molecule has 4 amide bonds. The lowest BCUT2D eigenvalue weighted by Crippen LogP contribution is -2.51. The van der Waals surface area contributed by atoms with Crippen LogP contribution in [0.25, 0.3) is 0 Å². The number of imide groups is 1. The van der Waals surface area contributed by atoms with Crippen molar-refractivity contribution in [3.8, 4) is 5.75 Å². The smallest absolute Gasteiger partial charge is 0.229 e. The van der Waals surface area contributed by atoms with E-state index in [0.29, 0.717) is 55.2 Å². The van der Waals surface area contributed by atoms with E-state index in [-0.39, 0.29) is 43.0 Å². The highest BCUT2D eigenvalue weighted by Crippen LogP contribution is 2.43. The average Bonchev–Trinajstić information content (AvgIpc) is 3.52. The summed E-state index contributed by atoms with van der Waals surface area (Å²) in [6, 6.07) is 2.92. The van der Waals surface area contributed by atoms with Crippen molar-refractivity contribution in [2.45, 2.75) is 57.4 Å². The fourth-order valence-corrected chi connectivity index (χ4v) is 6.53. The number of aryl methyl sites for hydroxylation is 1. The van der Waals surface area contributed by atoms with Crippen LogP contribution in [0.4, 0.5) is 0 Å². The predicted octanol–water partition coefficient (Wildman–Crippen LogP) is 2.22. The maximum atomic E-state index is 14.2. The minimum absolute atomic E-state index is 0.0225. The molecule has 1 N–H and O–H groups in total. The second-order valence-corrected chi connectivity index (χ2v) is 11.1. The molecule has 1 saturated carbocycles. The molecule has 12 heteroatoms. The number of likely N-dealkylation sites (tertiary alicyclic amines) is 1. The van der Waals surface area contributed by atoms with Gasteiger partial charge in [0.05, 0.1) is 24.9 Å². The van der Waals surface area contributed by atoms with Gasteiger partial charge >= 0.3 is 0 Å². The SMILES string of the molecule is CNC(=O)[C@H]1CCCC[C@H]1C(=O)N1CCc2c(Cl)ccc(OCCc3cn(C)nn3)c2C1CN1C(=O)CCC1=O. The summed E-state index contributed by atoms with van der Waals surface area (Å²) in [7, 11) is 3.39. The number of nitrogens with zero attached hydrogens (tertiary/aromatic N) is 5. The molecule has 3 atom stereocenters. The van der Waals surface area contributed by atoms with Crippen LogP contribution in [0.3, 0.4) is 0 Å². The molecule has 214 valence electrons. The summed E-state index contributed by atoms with van der Waals surface area (Å²) in [6.07, 6.45) is 6.18. The van der Waals surface area contributed by atoms with Crippen LogP contribution in [0.1, 0.15) is 61.4 Å². The van der Waals surface area contributed by atoms with Gasteiger partial charge < -0.3 is 15.0 Å². The second kappa shape index (κ2) is 12.0. The van der Waals surface area contributed by atoms with Gasteiger partial charge in [-0.1, -0.05) is 29.7 Å². The topological polar surface area (TPSA) is 127 Å². The molecule has 1 aromatic carbocycles. The number of fused-ring (bicyclic) bond motifs is 1. The Morgan fingerprint density at radius 2 is 1.82 bits per heavy atom. The Hall–Kier alpha value is -3.47. The van der Waals surface area contributed by atoms with Crippen LogP contribution in [0, 0.1) is 11.8 Å². The van der Waals surface area contributed by atoms with E-state index in [1.54, 1.807) is 35.8 Å². The Kier molecular flexibility index (Phi) is 8.39. The summed E-state index contributed by atoms with van der Waals surface area (Å²) in [4.78, 5) is 55.3. The van der Waals surface area contributed by atoms with E-state index in [1.165, 1.54) is 4.90 Å². The Bertz CT molecular complexity index is 1300. The number of hydrogen-bond donors (Lipinski definition) is 1. The van der Waals surface area contributed by atoms with E-state index in [9.17, 15) is 19.2 Å². The molecule has 2 aromatic rings. The van der Waals surface area contributed by atoms with Crippen molar-refractivity contribution in [2.24, 2.45) is 18.9 Å². The molecule has 5 rings (SSSR count). The molecule has 1 aliphatic carbocycles. The van der Waals surface area contributed by atoms with Crippen LogP contribution < -0.4 is 10.1 Å². The number of benzene rings is 1. The van der Waals surface area contributed by atoms with E-state index >= 15 is 0 Å². The number of carbonyl (C=O) groups is 4. The third kappa shape index (κ3) is 5.56. The number of ether oxygens (including phenoxy) is 1. The molecule has 1 saturated heterocycles. The van der Waals surface area contributed by atoms with Crippen molar-refractivity contribution >= 4 is 35.2 Å². The maximum Gasteiger partial charge on any atom is 0.229 e. The molecule has 2 fully saturated rings. The Morgan fingerprint density at radius 1 is 1.10 bits per heavy atom. The lowest BCUT2D eigenvalue weighted by atomic mass is 9.77. The minimum atomic E-state index is -0.639. The first kappa shape index (κ1) is 28.1. The summed E-state index contributed by atoms with van der Waals surface area (Å²) in [6.45, 7) is 0.706. The third-order valence-corrected chi connectivity index (χ3v) is 8.65. The predicted molar refractivity (Wildman–Crippen MR) is 145 cm³/mol. The zero-order valence-electron chi connectivity index (χ0n) is 22.9. The number of halogens is 1. The van der Waals surface area contributed by atoms with Crippen LogP contribution in [0.2, 0.25) is 5.02 Å². The second-order valence-electron chi connectivity index (χ2n) is 10.7. The van der Waals surface area contributed by atoms with Crippen molar-refractivity contribution < 1.29 is 23.9 Å². The minimum Gasteiger partial charge on any atom is -0.493 e. The lowest BCUT2D eigenvalue weighted by molar-refractivity contribution is -0.148. The molecule has 3 aliphatic rings. The highest BCUT2D eigenvalue weighted by molar-refractivity contribution is 6.31. The summed E-state index contributed by atoms with van der Waals surface area (Å²) in [5.41, 5.74) is 2.34. The Balaban J connectivity index is 1.49. The number of aromatic nitrogens is 3. The van der Waals surface area contributed by atoms with Gasteiger partial charge in [-0.3, -0.25) is 28.8 Å². The van der Waals surface area contributed by atoms with Crippen LogP contribution in [-0.2, 0) is 39.1 Å². The molecule has 0 bridgehead atoms. The van der Waals surface area contributed by atoms with Gasteiger partial charge in [-0.05, 0) is 37.0 Å². The number of rotatable bonds is 8. The Labute approximate surface area is 238 Å². The van der Waals surface area contributed by atoms with Crippen LogP contribution in [0.5, 0.6) is 5.75 Å². The fourth-order valence-electron chi connectivity index (χ4n) is 6.27. The van der Waals surface area contributed by atoms with E-state index in [1.807, 2.05) is 6.20 Å². The quantitative estimate of drug-likeness (QED) is 0.482. The largest absolute Gasteiger partial charge is 0.493 e. The van der Waals surface area contributed by atoms with Crippen molar-refractivity contribution in [1.29, 1.82) is 0 Å². The van der Waals surface area contributed by atoms with Gasteiger partial charge in [0.25, 0.3) is 0 Å². The van der Waals surface area contributed by atoms with Crippen molar-refractivity contribution in [2.75, 3.05) is 26.7 Å². The molecule has 11 nitrogen and oxygen atoms in total. The van der Waals surface area contributed by atoms with Gasteiger partial charge in [0, 0.05) is 68.5 Å². The number of amides is 4. The summed E-state index contributed by atoms with van der Waals surface area (Å²) >= 11 is 6.67. The average molecular weight is 571 g/mol. The molecular formula is C28H35ClN6O5. The first-order valence-electron chi connectivity index (χ1n) is 13.9. The van der Waals surface area contributed by atoms with Crippen molar-refractivity contribution in [3.05, 3.63) is 40.2 Å². The molecule has 40 heavy (non-hydrogen) atoms. The standard InChI is InChI=1S/C28H35ClN6O5/c1-30-27(38)18-5-3-4-6-19(18)28(39)34-13-11-20-21(29)7-8-23(40-14-12-17-15-33(2)32-31-17)26(20)22(34)16-35-24(36)9-10-25(35)37/h7-8,15,18-19,22H,3-6,9-14,16H2,1-2H3,(H,30,38)/t18-,19+,22?/m0/s1. The highest BCUT2D eigenvalue weighted by Gasteiger charge is 2.44. The van der Waals surface area contributed by atoms with E-state index in [0.717, 1.165) is 24.1 Å². The van der Waals surface area contributed by atoms with Gasteiger partial charge in [0.1, 0.15) is 5.75 Å². The molecule has 3 heterocycles. The number of hydrogen-bond acceptors (Lipinski definition) is 7. The zero-order valence-corrected chi connectivity index (χ0v) is 23.7. The molecule has 0 radical (unpaired) electrons. The van der Waals surface area contributed by atoms with Gasteiger partial charge in [-0.25, -0.2) is 0 Å². The van der Waals surface area contributed by atoms with Gasteiger partial charge in [-0.2, -0.15) is 0 Å². The highest BCUT2D eigenvalue weighted by atomic mass is 35.5. The molecular weight excluding hydrogens is 536 g/mol. The van der Waals surface area contributed by atoms with Crippen LogP contribution in [0.15, 0.2) is 18.3 Å². The first-order chi connectivity index (χ1) is 19.3. The monoisotopic (exact) mass is 570 g/mol. The zero-order chi connectivity index (χ0) is 28.4. The van der Waals surface area contributed by atoms with Gasteiger partial charge in [-0.15, -0.1) is 5.10 Å². The van der Waals surface area contributed by atoms with E-state index in [4.69, 9.17) is 16.3 Å². The molecule has 1 aromatic heterocycles.